The zero-order valence-electron chi connectivity index (χ0n) is 16.6. The number of hydrogen-bond acceptors (Lipinski definition) is 5. The summed E-state index contributed by atoms with van der Waals surface area (Å²) in [7, 11) is 0. The number of aliphatic hydroxyl groups is 1. The number of rotatable bonds is 5. The maximum Gasteiger partial charge on any atom is 0.247 e. The van der Waals surface area contributed by atoms with E-state index in [0.29, 0.717) is 24.2 Å². The molecule has 6 nitrogen and oxygen atoms in total. The van der Waals surface area contributed by atoms with Crippen LogP contribution in [0.2, 0.25) is 0 Å². The highest BCUT2D eigenvalue weighted by atomic mass is 19.1. The van der Waals surface area contributed by atoms with E-state index in [2.05, 4.69) is 0 Å². The highest BCUT2D eigenvalue weighted by molar-refractivity contribution is 6.04. The Hall–Kier alpha value is -2.61. The lowest BCUT2D eigenvalue weighted by Gasteiger charge is -2.36. The summed E-state index contributed by atoms with van der Waals surface area (Å²) in [6, 6.07) is 13.5. The molecular formula is C23H24FNO5. The van der Waals surface area contributed by atoms with E-state index in [1.54, 1.807) is 42.5 Å². The van der Waals surface area contributed by atoms with Crippen molar-refractivity contribution >= 4 is 11.7 Å². The molecule has 2 aromatic rings. The minimum Gasteiger partial charge on any atom is -0.387 e. The zero-order chi connectivity index (χ0) is 21.3. The van der Waals surface area contributed by atoms with E-state index in [1.165, 1.54) is 12.1 Å². The number of ether oxygens (including phenoxy) is 1. The quantitative estimate of drug-likeness (QED) is 0.763. The average molecular weight is 413 g/mol. The summed E-state index contributed by atoms with van der Waals surface area (Å²) >= 11 is 0. The predicted molar refractivity (Wildman–Crippen MR) is 106 cm³/mol. The van der Waals surface area contributed by atoms with Crippen molar-refractivity contribution in [1.29, 1.82) is 0 Å². The molecule has 4 unspecified atom stereocenters. The summed E-state index contributed by atoms with van der Waals surface area (Å²) in [5.41, 5.74) is 1.11. The van der Waals surface area contributed by atoms with Crippen LogP contribution in [0.15, 0.2) is 54.6 Å². The van der Waals surface area contributed by atoms with E-state index in [9.17, 15) is 19.1 Å². The van der Waals surface area contributed by atoms with Crippen molar-refractivity contribution < 1.29 is 28.7 Å². The summed E-state index contributed by atoms with van der Waals surface area (Å²) in [5.74, 6) is -1.63. The van der Waals surface area contributed by atoms with Crippen LogP contribution in [0.25, 0.3) is 0 Å². The molecule has 0 bridgehead atoms. The lowest BCUT2D eigenvalue weighted by atomic mass is 9.87. The zero-order valence-corrected chi connectivity index (χ0v) is 16.6. The van der Waals surface area contributed by atoms with Gasteiger partial charge in [-0.3, -0.25) is 9.59 Å². The topological polar surface area (TPSA) is 76.1 Å². The maximum atomic E-state index is 13.4. The number of carbonyl (C=O) groups is 2. The molecule has 0 spiro atoms. The molecule has 1 amide bonds. The third-order valence-corrected chi connectivity index (χ3v) is 5.83. The van der Waals surface area contributed by atoms with Gasteiger partial charge in [-0.05, 0) is 30.0 Å². The fraction of sp³-hybridized carbons (Fsp3) is 0.391. The largest absolute Gasteiger partial charge is 0.387 e. The van der Waals surface area contributed by atoms with Gasteiger partial charge < -0.3 is 9.84 Å². The van der Waals surface area contributed by atoms with Crippen LogP contribution in [0.5, 0.6) is 0 Å². The summed E-state index contributed by atoms with van der Waals surface area (Å²) in [6.07, 6.45) is -1.23. The number of hydroxylamine groups is 2. The van der Waals surface area contributed by atoms with Gasteiger partial charge in [-0.15, -0.1) is 0 Å². The van der Waals surface area contributed by atoms with Gasteiger partial charge in [0, 0.05) is 17.9 Å². The molecule has 2 fully saturated rings. The van der Waals surface area contributed by atoms with Gasteiger partial charge in [0.2, 0.25) is 12.2 Å². The number of halogens is 1. The first kappa shape index (κ1) is 20.7. The number of benzene rings is 2. The molecule has 2 aromatic carbocycles. The molecule has 0 aromatic heterocycles. The average Bonchev–Trinajstić information content (AvgIpc) is 3.08. The van der Waals surface area contributed by atoms with Gasteiger partial charge in [-0.25, -0.2) is 14.3 Å². The first-order valence-electron chi connectivity index (χ1n) is 10.1. The number of aliphatic hydroxyl groups excluding tert-OH is 1. The van der Waals surface area contributed by atoms with Gasteiger partial charge in [0.1, 0.15) is 18.0 Å². The van der Waals surface area contributed by atoms with Gasteiger partial charge in [0.05, 0.1) is 6.61 Å². The smallest absolute Gasteiger partial charge is 0.247 e. The van der Waals surface area contributed by atoms with E-state index >= 15 is 0 Å². The van der Waals surface area contributed by atoms with Crippen LogP contribution in [-0.4, -0.2) is 46.9 Å². The van der Waals surface area contributed by atoms with Crippen molar-refractivity contribution in [2.75, 3.05) is 6.61 Å². The number of Topliss-reactive ketones (excluding diaryl/α,β-unsaturated/α-hetero) is 1. The lowest BCUT2D eigenvalue weighted by molar-refractivity contribution is -0.315. The Labute approximate surface area is 174 Å². The van der Waals surface area contributed by atoms with Crippen LogP contribution in [0.4, 0.5) is 4.39 Å². The minimum atomic E-state index is -1.03. The normalized spacial score (nSPS) is 29.2. The number of carbonyl (C=O) groups excluding carboxylic acids is 2. The SMILES string of the molecule is CC1CCOC(ON2C(=O)CC(c3ccc(F)cc3)[C@H]2C(=O)c2ccccc2)C1O. The molecule has 4 rings (SSSR count). The molecule has 0 saturated carbocycles. The Bertz CT molecular complexity index is 904. The van der Waals surface area contributed by atoms with Crippen molar-refractivity contribution in [2.24, 2.45) is 5.92 Å². The van der Waals surface area contributed by atoms with Crippen LogP contribution >= 0.6 is 0 Å². The molecule has 158 valence electrons. The van der Waals surface area contributed by atoms with Crippen LogP contribution in [0.1, 0.15) is 41.6 Å². The highest BCUT2D eigenvalue weighted by Gasteiger charge is 2.48. The van der Waals surface area contributed by atoms with E-state index in [1.807, 2.05) is 6.92 Å². The Kier molecular flexibility index (Phi) is 5.94. The van der Waals surface area contributed by atoms with Crippen LogP contribution in [0.3, 0.4) is 0 Å². The second-order valence-corrected chi connectivity index (χ2v) is 7.86. The van der Waals surface area contributed by atoms with E-state index in [-0.39, 0.29) is 24.0 Å². The third-order valence-electron chi connectivity index (χ3n) is 5.83. The Morgan fingerprint density at radius 2 is 1.87 bits per heavy atom. The maximum absolute atomic E-state index is 13.4. The molecule has 2 aliphatic rings. The number of amides is 1. The molecule has 2 saturated heterocycles. The van der Waals surface area contributed by atoms with Gasteiger partial charge in [-0.2, -0.15) is 0 Å². The van der Waals surface area contributed by atoms with Crippen LogP contribution < -0.4 is 0 Å². The van der Waals surface area contributed by atoms with Crippen molar-refractivity contribution in [3.63, 3.8) is 0 Å². The van der Waals surface area contributed by atoms with Gasteiger partial charge in [0.25, 0.3) is 0 Å². The molecule has 7 heteroatoms. The summed E-state index contributed by atoms with van der Waals surface area (Å²) in [6.45, 7) is 2.27. The molecule has 2 aliphatic heterocycles. The summed E-state index contributed by atoms with van der Waals surface area (Å²) in [5, 5.41) is 11.5. The number of hydrogen-bond donors (Lipinski definition) is 1. The van der Waals surface area contributed by atoms with Crippen molar-refractivity contribution in [3.05, 3.63) is 71.5 Å². The first-order valence-corrected chi connectivity index (χ1v) is 10.1. The molecular weight excluding hydrogens is 389 g/mol. The van der Waals surface area contributed by atoms with Crippen molar-refractivity contribution in [2.45, 2.75) is 44.1 Å². The van der Waals surface area contributed by atoms with Gasteiger partial charge in [0.15, 0.2) is 5.78 Å². The number of nitrogens with zero attached hydrogens (tertiary/aromatic N) is 1. The van der Waals surface area contributed by atoms with Crippen LogP contribution in [-0.2, 0) is 14.4 Å². The first-order chi connectivity index (χ1) is 14.5. The fourth-order valence-corrected chi connectivity index (χ4v) is 4.02. The second-order valence-electron chi connectivity index (χ2n) is 7.86. The lowest BCUT2D eigenvalue weighted by Crippen LogP contribution is -2.49. The van der Waals surface area contributed by atoms with Gasteiger partial charge in [-0.1, -0.05) is 49.4 Å². The van der Waals surface area contributed by atoms with E-state index in [0.717, 1.165) is 5.06 Å². The highest BCUT2D eigenvalue weighted by Crippen LogP contribution is 2.38. The molecule has 1 N–H and O–H groups in total. The minimum absolute atomic E-state index is 0.0350. The summed E-state index contributed by atoms with van der Waals surface area (Å²) in [4.78, 5) is 32.1. The standard InChI is InChI=1S/C23H24FNO5/c1-14-11-12-29-23(21(14)27)30-25-19(26)13-18(15-7-9-17(24)10-8-15)20(25)22(28)16-5-3-2-4-6-16/h2-10,14,18,20-21,23,27H,11-13H2,1H3/t14?,18?,20-,21?,23?/m0/s1. The van der Waals surface area contributed by atoms with Crippen molar-refractivity contribution in [3.8, 4) is 0 Å². The number of ketones is 1. The third kappa shape index (κ3) is 4.01. The second kappa shape index (κ2) is 8.63. The van der Waals surface area contributed by atoms with E-state index < -0.39 is 30.2 Å². The van der Waals surface area contributed by atoms with E-state index in [4.69, 9.17) is 9.57 Å². The molecule has 0 aliphatic carbocycles. The monoisotopic (exact) mass is 413 g/mol. The Balaban J connectivity index is 1.67. The predicted octanol–water partition coefficient (Wildman–Crippen LogP) is 3.07. The molecule has 5 atom stereocenters. The summed E-state index contributed by atoms with van der Waals surface area (Å²) < 4.78 is 19.0. The fourth-order valence-electron chi connectivity index (χ4n) is 4.02. The van der Waals surface area contributed by atoms with Crippen LogP contribution in [0, 0.1) is 11.7 Å². The molecule has 2 heterocycles. The Morgan fingerprint density at radius 1 is 1.17 bits per heavy atom. The Morgan fingerprint density at radius 3 is 2.57 bits per heavy atom. The molecule has 0 radical (unpaired) electrons. The van der Waals surface area contributed by atoms with Crippen molar-refractivity contribution in [1.82, 2.24) is 5.06 Å². The van der Waals surface area contributed by atoms with Gasteiger partial charge >= 0.3 is 0 Å². The molecule has 30 heavy (non-hydrogen) atoms.